The zero-order valence-corrected chi connectivity index (χ0v) is 11.5. The summed E-state index contributed by atoms with van der Waals surface area (Å²) in [5.41, 5.74) is 5.90. The largest absolute Gasteiger partial charge is 0.326 e. The molecule has 2 unspecified atom stereocenters. The molecule has 16 heavy (non-hydrogen) atoms. The number of nitrogens with two attached hydrogens (primary N) is 1. The molecule has 96 valence electrons. The van der Waals surface area contributed by atoms with E-state index < -0.39 is 10.0 Å². The van der Waals surface area contributed by atoms with Gasteiger partial charge in [0.1, 0.15) is 0 Å². The Morgan fingerprint density at radius 3 is 2.25 bits per heavy atom. The molecule has 0 aromatic carbocycles. The van der Waals surface area contributed by atoms with Crippen molar-refractivity contribution in [3.63, 3.8) is 0 Å². The van der Waals surface area contributed by atoms with Gasteiger partial charge in [-0.25, -0.2) is 12.7 Å². The lowest BCUT2D eigenvalue weighted by Crippen LogP contribution is -2.34. The molecule has 1 rings (SSSR count). The van der Waals surface area contributed by atoms with Gasteiger partial charge in [-0.15, -0.1) is 0 Å². The average Bonchev–Trinajstić information content (AvgIpc) is 2.44. The molecule has 0 aromatic rings. The fraction of sp³-hybridized carbons (Fsp3) is 1.00. The van der Waals surface area contributed by atoms with Crippen LogP contribution < -0.4 is 5.73 Å². The van der Waals surface area contributed by atoms with Crippen LogP contribution in [0, 0.1) is 11.3 Å². The van der Waals surface area contributed by atoms with Gasteiger partial charge in [0.15, 0.2) is 0 Å². The van der Waals surface area contributed by atoms with Gasteiger partial charge < -0.3 is 5.73 Å². The van der Waals surface area contributed by atoms with Crippen molar-refractivity contribution in [3.05, 3.63) is 0 Å². The smallest absolute Gasteiger partial charge is 0.214 e. The lowest BCUT2D eigenvalue weighted by atomic mass is 9.94. The Bertz CT molecular complexity index is 322. The molecule has 1 aliphatic heterocycles. The van der Waals surface area contributed by atoms with Gasteiger partial charge in [-0.05, 0) is 17.8 Å². The number of rotatable bonds is 3. The standard InChI is InChI=1S/C11H24N2O2S/c1-9-7-13(8-10(9)12)16(14,15)6-5-11(2,3)4/h9-10H,5-8,12H2,1-4H3. The average molecular weight is 248 g/mol. The molecule has 5 heteroatoms. The van der Waals surface area contributed by atoms with E-state index in [9.17, 15) is 8.42 Å². The molecular weight excluding hydrogens is 224 g/mol. The van der Waals surface area contributed by atoms with Gasteiger partial charge in [0.2, 0.25) is 10.0 Å². The van der Waals surface area contributed by atoms with Crippen molar-refractivity contribution in [2.45, 2.75) is 40.2 Å². The molecule has 4 nitrogen and oxygen atoms in total. The Morgan fingerprint density at radius 2 is 1.88 bits per heavy atom. The van der Waals surface area contributed by atoms with Crippen LogP contribution in [-0.4, -0.2) is 37.6 Å². The normalized spacial score (nSPS) is 28.6. The summed E-state index contributed by atoms with van der Waals surface area (Å²) in [6, 6.07) is -0.00980. The zero-order valence-electron chi connectivity index (χ0n) is 10.7. The van der Waals surface area contributed by atoms with E-state index >= 15 is 0 Å². The quantitative estimate of drug-likeness (QED) is 0.811. The Kier molecular flexibility index (Phi) is 4.03. The van der Waals surface area contributed by atoms with Crippen molar-refractivity contribution < 1.29 is 8.42 Å². The van der Waals surface area contributed by atoms with Crippen molar-refractivity contribution in [3.8, 4) is 0 Å². The van der Waals surface area contributed by atoms with E-state index in [1.54, 1.807) is 4.31 Å². The molecule has 1 fully saturated rings. The van der Waals surface area contributed by atoms with Crippen LogP contribution in [0.1, 0.15) is 34.1 Å². The first kappa shape index (κ1) is 13.9. The topological polar surface area (TPSA) is 63.4 Å². The van der Waals surface area contributed by atoms with E-state index in [0.717, 1.165) is 0 Å². The summed E-state index contributed by atoms with van der Waals surface area (Å²) in [5, 5.41) is 0. The maximum absolute atomic E-state index is 12.0. The molecule has 0 saturated carbocycles. The summed E-state index contributed by atoms with van der Waals surface area (Å²) in [4.78, 5) is 0. The SMILES string of the molecule is CC1CN(S(=O)(=O)CCC(C)(C)C)CC1N. The van der Waals surface area contributed by atoms with Crippen LogP contribution in [0.4, 0.5) is 0 Å². The van der Waals surface area contributed by atoms with Gasteiger partial charge >= 0.3 is 0 Å². The molecule has 1 aliphatic rings. The Balaban J connectivity index is 2.59. The molecular formula is C11H24N2O2S. The third-order valence-electron chi connectivity index (χ3n) is 3.14. The fourth-order valence-corrected chi connectivity index (χ4v) is 3.73. The van der Waals surface area contributed by atoms with Gasteiger partial charge in [0, 0.05) is 19.1 Å². The third kappa shape index (κ3) is 3.71. The van der Waals surface area contributed by atoms with Crippen LogP contribution in [0.15, 0.2) is 0 Å². The molecule has 1 saturated heterocycles. The highest BCUT2D eigenvalue weighted by Gasteiger charge is 2.34. The fourth-order valence-electron chi connectivity index (χ4n) is 1.74. The van der Waals surface area contributed by atoms with Crippen molar-refractivity contribution in [1.29, 1.82) is 0 Å². The first-order chi connectivity index (χ1) is 7.12. The number of nitrogens with zero attached hydrogens (tertiary/aromatic N) is 1. The molecule has 0 spiro atoms. The van der Waals surface area contributed by atoms with Crippen LogP contribution in [0.2, 0.25) is 0 Å². The minimum Gasteiger partial charge on any atom is -0.326 e. The third-order valence-corrected chi connectivity index (χ3v) is 4.95. The Hall–Kier alpha value is -0.130. The number of sulfonamides is 1. The minimum atomic E-state index is -3.11. The van der Waals surface area contributed by atoms with Gasteiger partial charge in [0.25, 0.3) is 0 Å². The highest BCUT2D eigenvalue weighted by molar-refractivity contribution is 7.89. The first-order valence-corrected chi connectivity index (χ1v) is 7.46. The van der Waals surface area contributed by atoms with Crippen LogP contribution in [0.3, 0.4) is 0 Å². The maximum Gasteiger partial charge on any atom is 0.214 e. The van der Waals surface area contributed by atoms with Crippen molar-refractivity contribution in [2.24, 2.45) is 17.1 Å². The molecule has 1 heterocycles. The van der Waals surface area contributed by atoms with Gasteiger partial charge in [-0.1, -0.05) is 27.7 Å². The van der Waals surface area contributed by atoms with E-state index in [4.69, 9.17) is 5.73 Å². The molecule has 0 aliphatic carbocycles. The van der Waals surface area contributed by atoms with Crippen molar-refractivity contribution >= 4 is 10.0 Å². The monoisotopic (exact) mass is 248 g/mol. The van der Waals surface area contributed by atoms with E-state index in [-0.39, 0.29) is 23.1 Å². The predicted molar refractivity (Wildman–Crippen MR) is 66.6 cm³/mol. The second kappa shape index (κ2) is 4.63. The van der Waals surface area contributed by atoms with Crippen molar-refractivity contribution in [2.75, 3.05) is 18.8 Å². The molecule has 2 N–H and O–H groups in total. The lowest BCUT2D eigenvalue weighted by Gasteiger charge is -2.21. The Labute approximate surface area is 99.2 Å². The highest BCUT2D eigenvalue weighted by Crippen LogP contribution is 2.23. The maximum atomic E-state index is 12.0. The predicted octanol–water partition coefficient (Wildman–Crippen LogP) is 1.03. The summed E-state index contributed by atoms with van der Waals surface area (Å²) >= 11 is 0. The lowest BCUT2D eigenvalue weighted by molar-refractivity contribution is 0.388. The second-order valence-electron chi connectivity index (χ2n) is 6.08. The van der Waals surface area contributed by atoms with Crippen LogP contribution in [0.25, 0.3) is 0 Å². The van der Waals surface area contributed by atoms with Crippen LogP contribution >= 0.6 is 0 Å². The Morgan fingerprint density at radius 1 is 1.31 bits per heavy atom. The molecule has 0 bridgehead atoms. The minimum absolute atomic E-state index is 0.00980. The molecule has 0 radical (unpaired) electrons. The van der Waals surface area contributed by atoms with Gasteiger partial charge in [-0.2, -0.15) is 0 Å². The summed E-state index contributed by atoms with van der Waals surface area (Å²) < 4.78 is 25.6. The molecule has 0 aromatic heterocycles. The highest BCUT2D eigenvalue weighted by atomic mass is 32.2. The summed E-state index contributed by atoms with van der Waals surface area (Å²) in [5.74, 6) is 0.500. The molecule has 0 amide bonds. The number of hydrogen-bond donors (Lipinski definition) is 1. The van der Waals surface area contributed by atoms with Gasteiger partial charge in [-0.3, -0.25) is 0 Å². The summed E-state index contributed by atoms with van der Waals surface area (Å²) in [6.07, 6.45) is 0.690. The van der Waals surface area contributed by atoms with Crippen molar-refractivity contribution in [1.82, 2.24) is 4.31 Å². The zero-order chi connectivity index (χ0) is 12.6. The van der Waals surface area contributed by atoms with Gasteiger partial charge in [0.05, 0.1) is 5.75 Å². The van der Waals surface area contributed by atoms with Crippen LogP contribution in [0.5, 0.6) is 0 Å². The summed E-state index contributed by atoms with van der Waals surface area (Å²) in [6.45, 7) is 9.23. The molecule has 2 atom stereocenters. The number of hydrogen-bond acceptors (Lipinski definition) is 3. The van der Waals surface area contributed by atoms with E-state index in [1.807, 2.05) is 6.92 Å². The second-order valence-corrected chi connectivity index (χ2v) is 8.17. The van der Waals surface area contributed by atoms with E-state index in [1.165, 1.54) is 0 Å². The van der Waals surface area contributed by atoms with E-state index in [2.05, 4.69) is 20.8 Å². The van der Waals surface area contributed by atoms with Crippen LogP contribution in [-0.2, 0) is 10.0 Å². The first-order valence-electron chi connectivity index (χ1n) is 5.85. The van der Waals surface area contributed by atoms with E-state index in [0.29, 0.717) is 19.5 Å². The summed E-state index contributed by atoms with van der Waals surface area (Å²) in [7, 11) is -3.11.